The highest BCUT2D eigenvalue weighted by atomic mass is 16.5. The van der Waals surface area contributed by atoms with Crippen molar-refractivity contribution in [1.29, 1.82) is 0 Å². The topological polar surface area (TPSA) is 72.6 Å². The van der Waals surface area contributed by atoms with Gasteiger partial charge < -0.3 is 15.4 Å². The van der Waals surface area contributed by atoms with Gasteiger partial charge in [0.25, 0.3) is 0 Å². The molecule has 1 saturated carbocycles. The van der Waals surface area contributed by atoms with Gasteiger partial charge in [0.15, 0.2) is 0 Å². The Balaban J connectivity index is 2.17. The monoisotopic (exact) mass is 266 g/mol. The molecule has 0 bridgehead atoms. The third-order valence-electron chi connectivity index (χ3n) is 4.24. The second-order valence-electron chi connectivity index (χ2n) is 5.40. The Morgan fingerprint density at radius 2 is 1.95 bits per heavy atom. The summed E-state index contributed by atoms with van der Waals surface area (Å²) in [6.45, 7) is 2.31. The molecule has 0 aromatic heterocycles. The van der Waals surface area contributed by atoms with Crippen LogP contribution in [-0.2, 0) is 14.3 Å². The van der Waals surface area contributed by atoms with E-state index in [2.05, 4.69) is 0 Å². The Hall–Kier alpha value is -1.36. The zero-order valence-corrected chi connectivity index (χ0v) is 11.6. The highest BCUT2D eigenvalue weighted by molar-refractivity contribution is 5.97. The number of amides is 2. The van der Waals surface area contributed by atoms with Crippen molar-refractivity contribution in [3.05, 3.63) is 11.1 Å². The van der Waals surface area contributed by atoms with Crippen molar-refractivity contribution in [3.63, 3.8) is 0 Å². The Morgan fingerprint density at radius 3 is 2.47 bits per heavy atom. The number of hydrogen-bond acceptors (Lipinski definition) is 3. The third kappa shape index (κ3) is 2.81. The Morgan fingerprint density at radius 1 is 1.32 bits per heavy atom. The first kappa shape index (κ1) is 14.1. The van der Waals surface area contributed by atoms with Crippen LogP contribution in [0.3, 0.4) is 0 Å². The van der Waals surface area contributed by atoms with Crippen molar-refractivity contribution in [1.82, 2.24) is 4.90 Å². The van der Waals surface area contributed by atoms with E-state index in [9.17, 15) is 9.59 Å². The maximum atomic E-state index is 12.5. The molecule has 0 aromatic carbocycles. The normalized spacial score (nSPS) is 26.8. The first-order chi connectivity index (χ1) is 9.04. The standard InChI is InChI=1S/C14H22N2O3/c1-9(10-5-3-4-6-10)14(18)16-8-11(19-2)7-12(16)13(15)17/h11-12H,3-8H2,1-2H3,(H2,15,17)/t11-,12-/m0/s1. The summed E-state index contributed by atoms with van der Waals surface area (Å²) in [5.41, 5.74) is 7.41. The highest BCUT2D eigenvalue weighted by Crippen LogP contribution is 2.29. The van der Waals surface area contributed by atoms with Gasteiger partial charge in [-0.2, -0.15) is 0 Å². The van der Waals surface area contributed by atoms with Gasteiger partial charge in [0.1, 0.15) is 6.04 Å². The van der Waals surface area contributed by atoms with Gasteiger partial charge in [0.05, 0.1) is 6.10 Å². The third-order valence-corrected chi connectivity index (χ3v) is 4.24. The van der Waals surface area contributed by atoms with E-state index >= 15 is 0 Å². The molecule has 19 heavy (non-hydrogen) atoms. The van der Waals surface area contributed by atoms with Crippen LogP contribution < -0.4 is 5.73 Å². The van der Waals surface area contributed by atoms with Crippen LogP contribution in [0.5, 0.6) is 0 Å². The molecule has 2 amide bonds. The summed E-state index contributed by atoms with van der Waals surface area (Å²) < 4.78 is 5.26. The average molecular weight is 266 g/mol. The quantitative estimate of drug-likeness (QED) is 0.774. The molecule has 0 spiro atoms. The summed E-state index contributed by atoms with van der Waals surface area (Å²) in [4.78, 5) is 25.6. The zero-order valence-electron chi connectivity index (χ0n) is 11.6. The van der Waals surface area contributed by atoms with E-state index < -0.39 is 11.9 Å². The van der Waals surface area contributed by atoms with Crippen LogP contribution in [0.4, 0.5) is 0 Å². The van der Waals surface area contributed by atoms with Gasteiger partial charge in [-0.1, -0.05) is 5.57 Å². The van der Waals surface area contributed by atoms with E-state index in [1.807, 2.05) is 6.92 Å². The second-order valence-corrected chi connectivity index (χ2v) is 5.40. The lowest BCUT2D eigenvalue weighted by Gasteiger charge is -2.23. The first-order valence-corrected chi connectivity index (χ1v) is 6.86. The molecule has 1 saturated heterocycles. The number of ether oxygens (including phenoxy) is 1. The van der Waals surface area contributed by atoms with Crippen LogP contribution >= 0.6 is 0 Å². The molecule has 5 nitrogen and oxygen atoms in total. The van der Waals surface area contributed by atoms with Crippen LogP contribution in [0.15, 0.2) is 11.1 Å². The minimum Gasteiger partial charge on any atom is -0.380 e. The van der Waals surface area contributed by atoms with Gasteiger partial charge in [0, 0.05) is 25.6 Å². The molecular weight excluding hydrogens is 244 g/mol. The van der Waals surface area contributed by atoms with E-state index in [1.54, 1.807) is 12.0 Å². The van der Waals surface area contributed by atoms with E-state index in [-0.39, 0.29) is 12.0 Å². The molecule has 0 unspecified atom stereocenters. The highest BCUT2D eigenvalue weighted by Gasteiger charge is 2.39. The van der Waals surface area contributed by atoms with E-state index in [4.69, 9.17) is 10.5 Å². The fourth-order valence-corrected chi connectivity index (χ4v) is 3.01. The van der Waals surface area contributed by atoms with Crippen molar-refractivity contribution in [2.24, 2.45) is 5.73 Å². The molecular formula is C14H22N2O3. The molecule has 2 fully saturated rings. The summed E-state index contributed by atoms with van der Waals surface area (Å²) in [6.07, 6.45) is 4.71. The molecule has 2 atom stereocenters. The van der Waals surface area contributed by atoms with Crippen molar-refractivity contribution in [3.8, 4) is 0 Å². The molecule has 2 aliphatic rings. The number of rotatable bonds is 3. The number of nitrogens with two attached hydrogens (primary N) is 1. The Kier molecular flexibility index (Phi) is 4.24. The fourth-order valence-electron chi connectivity index (χ4n) is 3.01. The molecule has 0 aromatic rings. The maximum absolute atomic E-state index is 12.5. The van der Waals surface area contributed by atoms with Gasteiger partial charge in [-0.05, 0) is 32.6 Å². The van der Waals surface area contributed by atoms with Crippen molar-refractivity contribution in [2.45, 2.75) is 51.2 Å². The van der Waals surface area contributed by atoms with Crippen molar-refractivity contribution < 1.29 is 14.3 Å². The van der Waals surface area contributed by atoms with E-state index in [0.717, 1.165) is 31.3 Å². The molecule has 2 N–H and O–H groups in total. The number of allylic oxidation sites excluding steroid dienone is 1. The van der Waals surface area contributed by atoms with E-state index in [0.29, 0.717) is 13.0 Å². The number of carbonyl (C=O) groups is 2. The fraction of sp³-hybridized carbons (Fsp3) is 0.714. The van der Waals surface area contributed by atoms with Crippen molar-refractivity contribution in [2.75, 3.05) is 13.7 Å². The summed E-state index contributed by atoms with van der Waals surface area (Å²) in [5.74, 6) is -0.502. The number of primary amides is 1. The average Bonchev–Trinajstić information content (AvgIpc) is 3.05. The minimum atomic E-state index is -0.533. The molecule has 1 aliphatic carbocycles. The van der Waals surface area contributed by atoms with Crippen LogP contribution in [-0.4, -0.2) is 42.5 Å². The predicted molar refractivity (Wildman–Crippen MR) is 71.3 cm³/mol. The largest absolute Gasteiger partial charge is 0.380 e. The van der Waals surface area contributed by atoms with Gasteiger partial charge in [0.2, 0.25) is 11.8 Å². The maximum Gasteiger partial charge on any atom is 0.250 e. The van der Waals surface area contributed by atoms with Crippen LogP contribution in [0.2, 0.25) is 0 Å². The van der Waals surface area contributed by atoms with Crippen LogP contribution in [0, 0.1) is 0 Å². The Labute approximate surface area is 113 Å². The number of nitrogens with zero attached hydrogens (tertiary/aromatic N) is 1. The molecule has 106 valence electrons. The lowest BCUT2D eigenvalue weighted by atomic mass is 10.1. The SMILES string of the molecule is CO[C@H]1C[C@@H](C(N)=O)N(C(=O)C(C)=C2CCCC2)C1. The number of methoxy groups -OCH3 is 1. The lowest BCUT2D eigenvalue weighted by Crippen LogP contribution is -2.44. The minimum absolute atomic E-state index is 0.0553. The molecule has 0 radical (unpaired) electrons. The predicted octanol–water partition coefficient (Wildman–Crippen LogP) is 0.978. The molecule has 1 aliphatic heterocycles. The smallest absolute Gasteiger partial charge is 0.250 e. The van der Waals surface area contributed by atoms with Gasteiger partial charge in [-0.3, -0.25) is 9.59 Å². The summed E-state index contributed by atoms with van der Waals surface area (Å²) >= 11 is 0. The van der Waals surface area contributed by atoms with Crippen LogP contribution in [0.25, 0.3) is 0 Å². The van der Waals surface area contributed by atoms with Gasteiger partial charge in [-0.15, -0.1) is 0 Å². The first-order valence-electron chi connectivity index (χ1n) is 6.86. The Bertz CT molecular complexity index is 409. The number of carbonyl (C=O) groups excluding carboxylic acids is 2. The van der Waals surface area contributed by atoms with Crippen molar-refractivity contribution >= 4 is 11.8 Å². The number of likely N-dealkylation sites (tertiary alicyclic amines) is 1. The lowest BCUT2D eigenvalue weighted by molar-refractivity contribution is -0.134. The summed E-state index contributed by atoms with van der Waals surface area (Å²) in [5, 5.41) is 0. The second kappa shape index (κ2) is 5.74. The molecule has 1 heterocycles. The van der Waals surface area contributed by atoms with Crippen LogP contribution in [0.1, 0.15) is 39.0 Å². The van der Waals surface area contributed by atoms with E-state index in [1.165, 1.54) is 5.57 Å². The summed E-state index contributed by atoms with van der Waals surface area (Å²) in [6, 6.07) is -0.533. The molecule has 2 rings (SSSR count). The molecule has 5 heteroatoms. The summed E-state index contributed by atoms with van der Waals surface area (Å²) in [7, 11) is 1.60. The van der Waals surface area contributed by atoms with Gasteiger partial charge in [-0.25, -0.2) is 0 Å². The zero-order chi connectivity index (χ0) is 14.0. The van der Waals surface area contributed by atoms with Gasteiger partial charge >= 0.3 is 0 Å². The number of hydrogen-bond donors (Lipinski definition) is 1.